The highest BCUT2D eigenvalue weighted by Gasteiger charge is 2.05. The standard InChI is InChI=1S/C10H16N2O2S2/c1-8(11)9-3-4-12-10(7-9)15-5-6-16(2,13)14/h3-4,7-8H,5-6,11H2,1-2H3. The maximum absolute atomic E-state index is 10.9. The second-order valence-electron chi connectivity index (χ2n) is 3.69. The fourth-order valence-electron chi connectivity index (χ4n) is 1.08. The molecule has 0 aromatic carbocycles. The minimum absolute atomic E-state index is 0.0303. The summed E-state index contributed by atoms with van der Waals surface area (Å²) in [5.41, 5.74) is 6.76. The second kappa shape index (κ2) is 5.65. The van der Waals surface area contributed by atoms with Crippen molar-refractivity contribution < 1.29 is 8.42 Å². The smallest absolute Gasteiger partial charge is 0.148 e. The number of sulfone groups is 1. The number of thioether (sulfide) groups is 1. The van der Waals surface area contributed by atoms with Gasteiger partial charge in [0.2, 0.25) is 0 Å². The van der Waals surface area contributed by atoms with Gasteiger partial charge in [-0.2, -0.15) is 0 Å². The first-order valence-corrected chi connectivity index (χ1v) is 7.95. The molecule has 90 valence electrons. The van der Waals surface area contributed by atoms with Gasteiger partial charge in [-0.1, -0.05) is 0 Å². The summed E-state index contributed by atoms with van der Waals surface area (Å²) in [5.74, 6) is 0.690. The zero-order valence-corrected chi connectivity index (χ0v) is 11.0. The van der Waals surface area contributed by atoms with Crippen LogP contribution in [-0.4, -0.2) is 31.2 Å². The van der Waals surface area contributed by atoms with Gasteiger partial charge in [0.05, 0.1) is 10.8 Å². The van der Waals surface area contributed by atoms with Crippen LogP contribution in [0.5, 0.6) is 0 Å². The predicted octanol–water partition coefficient (Wildman–Crippen LogP) is 1.24. The lowest BCUT2D eigenvalue weighted by molar-refractivity contribution is 0.603. The fourth-order valence-corrected chi connectivity index (χ4v) is 3.19. The minimum atomic E-state index is -2.89. The molecule has 0 fully saturated rings. The molecule has 0 amide bonds. The van der Waals surface area contributed by atoms with E-state index in [0.29, 0.717) is 5.75 Å². The van der Waals surface area contributed by atoms with Crippen LogP contribution in [-0.2, 0) is 9.84 Å². The van der Waals surface area contributed by atoms with E-state index in [1.165, 1.54) is 18.0 Å². The summed E-state index contributed by atoms with van der Waals surface area (Å²) in [4.78, 5) is 4.15. The molecule has 1 atom stereocenters. The van der Waals surface area contributed by atoms with Crippen molar-refractivity contribution in [2.45, 2.75) is 18.0 Å². The summed E-state index contributed by atoms with van der Waals surface area (Å²) >= 11 is 1.43. The fraction of sp³-hybridized carbons (Fsp3) is 0.500. The summed E-state index contributed by atoms with van der Waals surface area (Å²) in [7, 11) is -2.89. The molecule has 0 aliphatic heterocycles. The number of rotatable bonds is 5. The Hall–Kier alpha value is -0.590. The maximum Gasteiger partial charge on any atom is 0.148 e. The van der Waals surface area contributed by atoms with Gasteiger partial charge >= 0.3 is 0 Å². The van der Waals surface area contributed by atoms with Gasteiger partial charge in [0, 0.05) is 24.2 Å². The molecule has 0 spiro atoms. The second-order valence-corrected chi connectivity index (χ2v) is 7.07. The van der Waals surface area contributed by atoms with E-state index in [1.807, 2.05) is 19.1 Å². The first kappa shape index (κ1) is 13.5. The zero-order chi connectivity index (χ0) is 12.2. The average Bonchev–Trinajstić information content (AvgIpc) is 2.16. The number of nitrogens with zero attached hydrogens (tertiary/aromatic N) is 1. The van der Waals surface area contributed by atoms with Crippen molar-refractivity contribution in [3.63, 3.8) is 0 Å². The molecule has 1 aromatic rings. The molecule has 0 saturated carbocycles. The molecule has 6 heteroatoms. The van der Waals surface area contributed by atoms with E-state index in [0.717, 1.165) is 10.6 Å². The lowest BCUT2D eigenvalue weighted by Crippen LogP contribution is -2.06. The van der Waals surface area contributed by atoms with E-state index in [9.17, 15) is 8.42 Å². The maximum atomic E-state index is 10.9. The third-order valence-electron chi connectivity index (χ3n) is 1.99. The molecular formula is C10H16N2O2S2. The van der Waals surface area contributed by atoms with Gasteiger partial charge in [-0.15, -0.1) is 11.8 Å². The van der Waals surface area contributed by atoms with Crippen LogP contribution in [0.4, 0.5) is 0 Å². The topological polar surface area (TPSA) is 73.0 Å². The summed E-state index contributed by atoms with van der Waals surface area (Å²) < 4.78 is 21.9. The Bertz CT molecular complexity index is 444. The molecular weight excluding hydrogens is 244 g/mol. The number of nitrogens with two attached hydrogens (primary N) is 1. The molecule has 0 saturated heterocycles. The van der Waals surface area contributed by atoms with Gasteiger partial charge in [0.1, 0.15) is 9.84 Å². The van der Waals surface area contributed by atoms with Gasteiger partial charge in [-0.05, 0) is 24.6 Å². The van der Waals surface area contributed by atoms with Gasteiger partial charge in [-0.3, -0.25) is 0 Å². The van der Waals surface area contributed by atoms with E-state index in [-0.39, 0.29) is 11.8 Å². The van der Waals surface area contributed by atoms with Gasteiger partial charge in [-0.25, -0.2) is 13.4 Å². The number of pyridine rings is 1. The Kier molecular flexibility index (Phi) is 4.76. The monoisotopic (exact) mass is 260 g/mol. The van der Waals surface area contributed by atoms with E-state index in [4.69, 9.17) is 5.73 Å². The summed E-state index contributed by atoms with van der Waals surface area (Å²) in [6.07, 6.45) is 2.93. The highest BCUT2D eigenvalue weighted by atomic mass is 32.2. The lowest BCUT2D eigenvalue weighted by Gasteiger charge is -2.06. The first-order valence-electron chi connectivity index (χ1n) is 4.90. The highest BCUT2D eigenvalue weighted by Crippen LogP contribution is 2.19. The van der Waals surface area contributed by atoms with Crippen molar-refractivity contribution in [1.82, 2.24) is 4.98 Å². The third-order valence-corrected chi connectivity index (χ3v) is 4.12. The number of hydrogen-bond acceptors (Lipinski definition) is 5. The Morgan fingerprint density at radius 3 is 2.81 bits per heavy atom. The van der Waals surface area contributed by atoms with Crippen molar-refractivity contribution in [3.8, 4) is 0 Å². The SMILES string of the molecule is CC(N)c1ccnc(SCCS(C)(=O)=O)c1. The Morgan fingerprint density at radius 2 is 2.25 bits per heavy atom. The quantitative estimate of drug-likeness (QED) is 0.806. The molecule has 1 aromatic heterocycles. The van der Waals surface area contributed by atoms with E-state index in [1.54, 1.807) is 6.20 Å². The van der Waals surface area contributed by atoms with Crippen LogP contribution in [0.1, 0.15) is 18.5 Å². The Morgan fingerprint density at radius 1 is 1.56 bits per heavy atom. The first-order chi connectivity index (χ1) is 7.38. The van der Waals surface area contributed by atoms with Crippen molar-refractivity contribution >= 4 is 21.6 Å². The van der Waals surface area contributed by atoms with Gasteiger partial charge in [0.25, 0.3) is 0 Å². The molecule has 2 N–H and O–H groups in total. The minimum Gasteiger partial charge on any atom is -0.324 e. The third kappa shape index (κ3) is 4.96. The van der Waals surface area contributed by atoms with Crippen LogP contribution >= 0.6 is 11.8 Å². The summed E-state index contributed by atoms with van der Waals surface area (Å²) in [6, 6.07) is 3.74. The van der Waals surface area contributed by atoms with E-state index < -0.39 is 9.84 Å². The molecule has 0 radical (unpaired) electrons. The average molecular weight is 260 g/mol. The van der Waals surface area contributed by atoms with Crippen molar-refractivity contribution in [3.05, 3.63) is 23.9 Å². The molecule has 1 heterocycles. The van der Waals surface area contributed by atoms with Gasteiger partial charge in [0.15, 0.2) is 0 Å². The summed E-state index contributed by atoms with van der Waals surface area (Å²) in [5, 5.41) is 0.818. The Labute approximate surface area is 101 Å². The van der Waals surface area contributed by atoms with Crippen LogP contribution < -0.4 is 5.73 Å². The normalized spacial score (nSPS) is 13.7. The largest absolute Gasteiger partial charge is 0.324 e. The number of aromatic nitrogens is 1. The molecule has 0 bridgehead atoms. The summed E-state index contributed by atoms with van der Waals surface area (Å²) in [6.45, 7) is 1.90. The van der Waals surface area contributed by atoms with E-state index in [2.05, 4.69) is 4.98 Å². The lowest BCUT2D eigenvalue weighted by atomic mass is 10.1. The van der Waals surface area contributed by atoms with Crippen molar-refractivity contribution in [1.29, 1.82) is 0 Å². The number of hydrogen-bond donors (Lipinski definition) is 1. The zero-order valence-electron chi connectivity index (χ0n) is 9.38. The van der Waals surface area contributed by atoms with Crippen LogP contribution in [0.2, 0.25) is 0 Å². The molecule has 16 heavy (non-hydrogen) atoms. The molecule has 0 aliphatic carbocycles. The van der Waals surface area contributed by atoms with Crippen LogP contribution in [0.3, 0.4) is 0 Å². The van der Waals surface area contributed by atoms with Crippen LogP contribution in [0.25, 0.3) is 0 Å². The van der Waals surface area contributed by atoms with Gasteiger partial charge < -0.3 is 5.73 Å². The molecule has 4 nitrogen and oxygen atoms in total. The van der Waals surface area contributed by atoms with Crippen LogP contribution in [0, 0.1) is 0 Å². The predicted molar refractivity (Wildman–Crippen MR) is 67.3 cm³/mol. The van der Waals surface area contributed by atoms with Crippen molar-refractivity contribution in [2.24, 2.45) is 5.73 Å². The van der Waals surface area contributed by atoms with Crippen LogP contribution in [0.15, 0.2) is 23.4 Å². The Balaban J connectivity index is 2.58. The molecule has 0 aliphatic rings. The van der Waals surface area contributed by atoms with Crippen molar-refractivity contribution in [2.75, 3.05) is 17.8 Å². The van der Waals surface area contributed by atoms with E-state index >= 15 is 0 Å². The highest BCUT2D eigenvalue weighted by molar-refractivity contribution is 8.00. The molecule has 1 unspecified atom stereocenters. The molecule has 1 rings (SSSR count).